The van der Waals surface area contributed by atoms with Crippen LogP contribution in [0.3, 0.4) is 0 Å². The Kier molecular flexibility index (Phi) is 8.83. The molecule has 0 radical (unpaired) electrons. The molecule has 0 saturated carbocycles. The van der Waals surface area contributed by atoms with Gasteiger partial charge in [-0.3, -0.25) is 0 Å². The monoisotopic (exact) mass is 402 g/mol. The van der Waals surface area contributed by atoms with Crippen LogP contribution in [0, 0.1) is 0 Å². The first kappa shape index (κ1) is 21.1. The zero-order chi connectivity index (χ0) is 18.8. The molecule has 0 bridgehead atoms. The lowest BCUT2D eigenvalue weighted by Gasteiger charge is -2.32. The lowest BCUT2D eigenvalue weighted by Crippen LogP contribution is -2.50. The fraction of sp³-hybridized carbons (Fsp3) is 0.706. The third-order valence-corrected chi connectivity index (χ3v) is 5.24. The number of carbonyl (C=O) groups is 1. The van der Waals surface area contributed by atoms with Gasteiger partial charge in [0.15, 0.2) is 0 Å². The SMILES string of the molecule is CCCCCCOc1nsnc1C1=CCC[N+](O)(COC(=O)SCC)C1. The number of hydroxylamine groups is 3. The van der Waals surface area contributed by atoms with Crippen LogP contribution in [0.2, 0.25) is 0 Å². The van der Waals surface area contributed by atoms with E-state index in [1.807, 2.05) is 6.92 Å². The minimum absolute atomic E-state index is 0.0616. The summed E-state index contributed by atoms with van der Waals surface area (Å²) >= 11 is 2.21. The van der Waals surface area contributed by atoms with Crippen LogP contribution in [0.4, 0.5) is 4.79 Å². The first-order chi connectivity index (χ1) is 12.6. The number of quaternary nitrogens is 1. The summed E-state index contributed by atoms with van der Waals surface area (Å²) in [7, 11) is 0. The van der Waals surface area contributed by atoms with E-state index < -0.39 is 0 Å². The Morgan fingerprint density at radius 3 is 2.96 bits per heavy atom. The minimum atomic E-state index is -0.360. The second kappa shape index (κ2) is 10.9. The first-order valence-corrected chi connectivity index (χ1v) is 10.8. The standard InChI is InChI=1S/C17H28N3O4S2/c1-3-5-6-7-11-23-16-15(18-26-19-16)14-9-8-10-20(22,12-14)13-24-17(21)25-4-2/h9,22H,3-8,10-13H2,1-2H3/q+1. The van der Waals surface area contributed by atoms with E-state index >= 15 is 0 Å². The van der Waals surface area contributed by atoms with Crippen LogP contribution < -0.4 is 4.74 Å². The van der Waals surface area contributed by atoms with Crippen LogP contribution >= 0.6 is 23.5 Å². The molecule has 0 aromatic carbocycles. The van der Waals surface area contributed by atoms with Crippen molar-refractivity contribution in [2.75, 3.05) is 32.2 Å². The third kappa shape index (κ3) is 6.53. The highest BCUT2D eigenvalue weighted by Gasteiger charge is 2.34. The summed E-state index contributed by atoms with van der Waals surface area (Å²) in [6.45, 7) is 5.44. The van der Waals surface area contributed by atoms with Crippen molar-refractivity contribution >= 4 is 34.4 Å². The molecule has 9 heteroatoms. The van der Waals surface area contributed by atoms with Gasteiger partial charge in [0.25, 0.3) is 12.6 Å². The molecule has 2 heterocycles. The van der Waals surface area contributed by atoms with Gasteiger partial charge in [0.2, 0.25) is 0 Å². The molecule has 1 unspecified atom stereocenters. The molecule has 0 fully saturated rings. The molecule has 1 aliphatic rings. The number of rotatable bonds is 10. The fourth-order valence-corrected chi connectivity index (χ4v) is 3.63. The van der Waals surface area contributed by atoms with Crippen molar-refractivity contribution < 1.29 is 24.1 Å². The number of aromatic nitrogens is 2. The highest BCUT2D eigenvalue weighted by atomic mass is 32.2. The van der Waals surface area contributed by atoms with Gasteiger partial charge in [0.05, 0.1) is 18.3 Å². The second-order valence-corrected chi connectivity index (χ2v) is 8.01. The van der Waals surface area contributed by atoms with E-state index in [0.29, 0.717) is 43.4 Å². The van der Waals surface area contributed by atoms with Crippen LogP contribution in [0.15, 0.2) is 6.08 Å². The maximum absolute atomic E-state index is 11.5. The summed E-state index contributed by atoms with van der Waals surface area (Å²) in [5.41, 5.74) is 1.58. The fourth-order valence-electron chi connectivity index (χ4n) is 2.72. The molecule has 1 atom stereocenters. The summed E-state index contributed by atoms with van der Waals surface area (Å²) in [6, 6.07) is 0. The molecule has 1 aromatic rings. The Labute approximate surface area is 163 Å². The number of hydrogen-bond donors (Lipinski definition) is 1. The number of nitrogens with zero attached hydrogens (tertiary/aromatic N) is 3. The average molecular weight is 403 g/mol. The third-order valence-electron chi connectivity index (χ3n) is 4.08. The Balaban J connectivity index is 1.91. The average Bonchev–Trinajstić information content (AvgIpc) is 3.09. The molecule has 7 nitrogen and oxygen atoms in total. The zero-order valence-electron chi connectivity index (χ0n) is 15.5. The largest absolute Gasteiger partial charge is 0.475 e. The van der Waals surface area contributed by atoms with E-state index in [0.717, 1.165) is 41.9 Å². The molecule has 0 saturated heterocycles. The minimum Gasteiger partial charge on any atom is -0.475 e. The maximum Gasteiger partial charge on any atom is 0.371 e. The Bertz CT molecular complexity index is 609. The van der Waals surface area contributed by atoms with Gasteiger partial charge >= 0.3 is 5.30 Å². The molecule has 26 heavy (non-hydrogen) atoms. The van der Waals surface area contributed by atoms with Gasteiger partial charge in [-0.2, -0.15) is 4.37 Å². The summed E-state index contributed by atoms with van der Waals surface area (Å²) in [5, 5.41) is 10.4. The van der Waals surface area contributed by atoms with Gasteiger partial charge in [0.1, 0.15) is 18.8 Å². The predicted octanol–water partition coefficient (Wildman–Crippen LogP) is 4.34. The number of thioether (sulfide) groups is 1. The molecule has 146 valence electrons. The molecular weight excluding hydrogens is 374 g/mol. The van der Waals surface area contributed by atoms with E-state index in [-0.39, 0.29) is 16.7 Å². The van der Waals surface area contributed by atoms with E-state index in [4.69, 9.17) is 9.47 Å². The van der Waals surface area contributed by atoms with E-state index in [1.165, 1.54) is 12.8 Å². The zero-order valence-corrected chi connectivity index (χ0v) is 17.1. The highest BCUT2D eigenvalue weighted by Crippen LogP contribution is 2.30. The van der Waals surface area contributed by atoms with Crippen LogP contribution in [-0.2, 0) is 4.74 Å². The maximum atomic E-state index is 11.5. The summed E-state index contributed by atoms with van der Waals surface area (Å²) in [5.74, 6) is 1.18. The quantitative estimate of drug-likeness (QED) is 0.354. The van der Waals surface area contributed by atoms with E-state index in [2.05, 4.69) is 21.7 Å². The smallest absolute Gasteiger partial charge is 0.371 e. The first-order valence-electron chi connectivity index (χ1n) is 9.11. The Hall–Kier alpha value is -1.16. The number of ether oxygens (including phenoxy) is 2. The van der Waals surface area contributed by atoms with Crippen LogP contribution in [0.1, 0.15) is 51.6 Å². The van der Waals surface area contributed by atoms with Crippen LogP contribution in [0.5, 0.6) is 5.88 Å². The van der Waals surface area contributed by atoms with Crippen LogP contribution in [0.25, 0.3) is 5.57 Å². The number of unbranched alkanes of at least 4 members (excludes halogenated alkanes) is 3. The summed E-state index contributed by atoms with van der Waals surface area (Å²) in [6.07, 6.45) is 7.26. The van der Waals surface area contributed by atoms with Gasteiger partial charge in [-0.1, -0.05) is 39.2 Å². The normalized spacial score (nSPS) is 19.9. The summed E-state index contributed by atoms with van der Waals surface area (Å²) < 4.78 is 19.2. The van der Waals surface area contributed by atoms with Crippen LogP contribution in [-0.4, -0.2) is 56.1 Å². The van der Waals surface area contributed by atoms with Crippen molar-refractivity contribution in [2.45, 2.75) is 46.0 Å². The van der Waals surface area contributed by atoms with Gasteiger partial charge < -0.3 is 9.47 Å². The molecule has 1 aromatic heterocycles. The molecule has 0 amide bonds. The van der Waals surface area contributed by atoms with E-state index in [9.17, 15) is 10.0 Å². The van der Waals surface area contributed by atoms with Crippen molar-refractivity contribution in [1.29, 1.82) is 0 Å². The lowest BCUT2D eigenvalue weighted by atomic mass is 10.1. The number of carbonyl (C=O) groups excluding carboxylic acids is 1. The highest BCUT2D eigenvalue weighted by molar-refractivity contribution is 8.13. The molecular formula is C17H28N3O4S2+. The van der Waals surface area contributed by atoms with Gasteiger partial charge in [-0.05, 0) is 18.2 Å². The molecule has 1 aliphatic heterocycles. The van der Waals surface area contributed by atoms with Crippen molar-refractivity contribution in [3.05, 3.63) is 11.8 Å². The molecule has 0 aliphatic carbocycles. The molecule has 0 spiro atoms. The van der Waals surface area contributed by atoms with Gasteiger partial charge in [-0.25, -0.2) is 10.0 Å². The Morgan fingerprint density at radius 1 is 1.35 bits per heavy atom. The summed E-state index contributed by atoms with van der Waals surface area (Å²) in [4.78, 5) is 11.5. The van der Waals surface area contributed by atoms with Crippen molar-refractivity contribution in [3.63, 3.8) is 0 Å². The molecule has 2 rings (SSSR count). The van der Waals surface area contributed by atoms with Gasteiger partial charge in [-0.15, -0.1) is 9.02 Å². The lowest BCUT2D eigenvalue weighted by molar-refractivity contribution is -1.11. The Morgan fingerprint density at radius 2 is 2.19 bits per heavy atom. The number of hydrogen-bond acceptors (Lipinski definition) is 8. The second-order valence-electron chi connectivity index (χ2n) is 6.28. The predicted molar refractivity (Wildman–Crippen MR) is 103 cm³/mol. The molecule has 1 N–H and O–H groups in total. The van der Waals surface area contributed by atoms with Crippen molar-refractivity contribution in [3.8, 4) is 5.88 Å². The van der Waals surface area contributed by atoms with E-state index in [1.54, 1.807) is 0 Å². The van der Waals surface area contributed by atoms with Gasteiger partial charge in [0, 0.05) is 17.7 Å². The topological polar surface area (TPSA) is 81.5 Å². The van der Waals surface area contributed by atoms with Crippen molar-refractivity contribution in [2.24, 2.45) is 0 Å². The van der Waals surface area contributed by atoms with Crippen molar-refractivity contribution in [1.82, 2.24) is 8.75 Å².